The van der Waals surface area contributed by atoms with Crippen LogP contribution in [0.4, 0.5) is 0 Å². The fraction of sp³-hybridized carbons (Fsp3) is 0.182. The number of thiophene rings is 4. The maximum atomic E-state index is 12.9. The number of esters is 4. The molecule has 12 heteroatoms. The predicted octanol–water partition coefficient (Wildman–Crippen LogP) is 5.57. The van der Waals surface area contributed by atoms with Gasteiger partial charge in [-0.15, -0.1) is 45.3 Å². The van der Waals surface area contributed by atoms with Crippen LogP contribution in [-0.4, -0.2) is 52.3 Å². The SMILES string of the molecule is COC(=O)c1ccsc1-c1sc2c(C(=O)OC)c(-c3sccc3C(=O)OC)sc2c1C(=O)OC. The molecule has 0 saturated carbocycles. The molecule has 176 valence electrons. The van der Waals surface area contributed by atoms with E-state index < -0.39 is 23.9 Å². The highest BCUT2D eigenvalue weighted by Gasteiger charge is 2.33. The zero-order valence-electron chi connectivity index (χ0n) is 18.2. The van der Waals surface area contributed by atoms with Crippen LogP contribution in [-0.2, 0) is 18.9 Å². The molecular formula is C22H16O8S4. The van der Waals surface area contributed by atoms with Crippen molar-refractivity contribution in [3.8, 4) is 19.5 Å². The van der Waals surface area contributed by atoms with Crippen molar-refractivity contribution in [1.82, 2.24) is 0 Å². The molecule has 0 amide bonds. The van der Waals surface area contributed by atoms with Crippen molar-refractivity contribution in [2.45, 2.75) is 0 Å². The summed E-state index contributed by atoms with van der Waals surface area (Å²) in [5.74, 6) is -2.32. The second-order valence-corrected chi connectivity index (χ2v) is 10.4. The van der Waals surface area contributed by atoms with Gasteiger partial charge in [-0.25, -0.2) is 19.2 Å². The topological polar surface area (TPSA) is 105 Å². The van der Waals surface area contributed by atoms with Gasteiger partial charge in [-0.05, 0) is 22.9 Å². The van der Waals surface area contributed by atoms with E-state index in [1.165, 1.54) is 73.8 Å². The number of hydrogen-bond donors (Lipinski definition) is 0. The summed E-state index contributed by atoms with van der Waals surface area (Å²) in [6.45, 7) is 0. The van der Waals surface area contributed by atoms with Crippen LogP contribution in [0.5, 0.6) is 0 Å². The number of fused-ring (bicyclic) bond motifs is 1. The highest BCUT2D eigenvalue weighted by molar-refractivity contribution is 7.34. The molecule has 0 unspecified atom stereocenters. The van der Waals surface area contributed by atoms with Crippen LogP contribution in [0.15, 0.2) is 22.9 Å². The number of carbonyl (C=O) groups is 4. The van der Waals surface area contributed by atoms with Crippen LogP contribution >= 0.6 is 45.3 Å². The summed E-state index contributed by atoms with van der Waals surface area (Å²) in [5, 5.41) is 3.44. The number of carbonyl (C=O) groups excluding carboxylic acids is 4. The summed E-state index contributed by atoms with van der Waals surface area (Å²) >= 11 is 4.89. The van der Waals surface area contributed by atoms with Crippen LogP contribution < -0.4 is 0 Å². The van der Waals surface area contributed by atoms with Crippen LogP contribution in [0.25, 0.3) is 28.9 Å². The van der Waals surface area contributed by atoms with Crippen LogP contribution in [0, 0.1) is 0 Å². The molecule has 4 aromatic heterocycles. The standard InChI is InChI=1S/C22H16O8S4/c1-27-19(23)9-5-7-31-13(9)15-11(21(25)29-3)17-18(33-15)12(22(26)30-4)16(34-17)14-10(6-8-32-14)20(24)28-2/h5-8H,1-4H3. The van der Waals surface area contributed by atoms with Crippen molar-refractivity contribution in [2.24, 2.45) is 0 Å². The molecule has 4 aromatic rings. The molecular weight excluding hydrogens is 521 g/mol. The van der Waals surface area contributed by atoms with E-state index in [0.717, 1.165) is 0 Å². The largest absolute Gasteiger partial charge is 0.465 e. The van der Waals surface area contributed by atoms with E-state index in [1.54, 1.807) is 22.9 Å². The van der Waals surface area contributed by atoms with E-state index in [4.69, 9.17) is 18.9 Å². The molecule has 4 rings (SSSR count). The average Bonchev–Trinajstić information content (AvgIpc) is 3.63. The Kier molecular flexibility index (Phi) is 6.84. The lowest BCUT2D eigenvalue weighted by molar-refractivity contribution is 0.0591. The van der Waals surface area contributed by atoms with Gasteiger partial charge >= 0.3 is 23.9 Å². The molecule has 0 aliphatic rings. The number of rotatable bonds is 6. The number of ether oxygens (including phenoxy) is 4. The maximum Gasteiger partial charge on any atom is 0.340 e. The van der Waals surface area contributed by atoms with Crippen LogP contribution in [0.1, 0.15) is 41.4 Å². The van der Waals surface area contributed by atoms with Gasteiger partial charge in [0.2, 0.25) is 0 Å². The lowest BCUT2D eigenvalue weighted by Crippen LogP contribution is -2.04. The minimum absolute atomic E-state index is 0.229. The maximum absolute atomic E-state index is 12.9. The van der Waals surface area contributed by atoms with E-state index in [1.807, 2.05) is 0 Å². The Morgan fingerprint density at radius 3 is 1.24 bits per heavy atom. The van der Waals surface area contributed by atoms with E-state index >= 15 is 0 Å². The molecule has 34 heavy (non-hydrogen) atoms. The third-order valence-corrected chi connectivity index (χ3v) is 9.56. The normalized spacial score (nSPS) is 10.8. The molecule has 0 aliphatic heterocycles. The monoisotopic (exact) mass is 536 g/mol. The number of methoxy groups -OCH3 is 4. The Bertz CT molecular complexity index is 1330. The smallest absolute Gasteiger partial charge is 0.340 e. The second-order valence-electron chi connectivity index (χ2n) is 6.56. The predicted molar refractivity (Wildman–Crippen MR) is 132 cm³/mol. The minimum Gasteiger partial charge on any atom is -0.465 e. The molecule has 0 saturated heterocycles. The summed E-state index contributed by atoms with van der Waals surface area (Å²) in [7, 11) is 5.07. The van der Waals surface area contributed by atoms with E-state index in [0.29, 0.717) is 40.0 Å². The molecule has 0 N–H and O–H groups in total. The second kappa shape index (κ2) is 9.66. The summed E-state index contributed by atoms with van der Waals surface area (Å²) in [6.07, 6.45) is 0. The summed E-state index contributed by atoms with van der Waals surface area (Å²) in [4.78, 5) is 52.5. The molecule has 0 atom stereocenters. The average molecular weight is 537 g/mol. The Balaban J connectivity index is 2.06. The Labute approximate surface area is 209 Å². The fourth-order valence-corrected chi connectivity index (χ4v) is 8.27. The van der Waals surface area contributed by atoms with E-state index in [-0.39, 0.29) is 11.1 Å². The fourth-order valence-electron chi connectivity index (χ4n) is 3.34. The van der Waals surface area contributed by atoms with Crippen molar-refractivity contribution in [2.75, 3.05) is 28.4 Å². The Morgan fingerprint density at radius 1 is 0.559 bits per heavy atom. The molecule has 0 radical (unpaired) electrons. The highest BCUT2D eigenvalue weighted by Crippen LogP contribution is 2.51. The van der Waals surface area contributed by atoms with Crippen LogP contribution in [0.3, 0.4) is 0 Å². The van der Waals surface area contributed by atoms with Gasteiger partial charge in [-0.3, -0.25) is 0 Å². The van der Waals surface area contributed by atoms with Gasteiger partial charge < -0.3 is 18.9 Å². The molecule has 4 heterocycles. The van der Waals surface area contributed by atoms with Gasteiger partial charge in [0.15, 0.2) is 0 Å². The van der Waals surface area contributed by atoms with Crippen molar-refractivity contribution in [3.63, 3.8) is 0 Å². The first-order valence-corrected chi connectivity index (χ1v) is 12.8. The lowest BCUT2D eigenvalue weighted by Gasteiger charge is -2.05. The first-order chi connectivity index (χ1) is 16.4. The van der Waals surface area contributed by atoms with E-state index in [9.17, 15) is 19.2 Å². The Hall–Kier alpha value is -3.06. The molecule has 0 spiro atoms. The zero-order valence-corrected chi connectivity index (χ0v) is 21.5. The van der Waals surface area contributed by atoms with Crippen molar-refractivity contribution < 1.29 is 38.1 Å². The molecule has 0 bridgehead atoms. The molecule has 0 aromatic carbocycles. The van der Waals surface area contributed by atoms with Gasteiger partial charge in [0.25, 0.3) is 0 Å². The van der Waals surface area contributed by atoms with Crippen molar-refractivity contribution in [3.05, 3.63) is 45.1 Å². The van der Waals surface area contributed by atoms with Crippen LogP contribution in [0.2, 0.25) is 0 Å². The minimum atomic E-state index is -0.617. The van der Waals surface area contributed by atoms with Gasteiger partial charge in [0.05, 0.1) is 79.6 Å². The molecule has 0 aliphatic carbocycles. The molecule has 8 nitrogen and oxygen atoms in total. The summed E-state index contributed by atoms with van der Waals surface area (Å²) in [5.41, 5.74) is 1.07. The lowest BCUT2D eigenvalue weighted by atomic mass is 10.1. The quantitative estimate of drug-likeness (QED) is 0.233. The molecule has 0 fully saturated rings. The first kappa shape index (κ1) is 24.1. The first-order valence-electron chi connectivity index (χ1n) is 9.46. The van der Waals surface area contributed by atoms with Gasteiger partial charge in [-0.1, -0.05) is 0 Å². The van der Waals surface area contributed by atoms with Crippen molar-refractivity contribution in [1.29, 1.82) is 0 Å². The van der Waals surface area contributed by atoms with Crippen molar-refractivity contribution >= 4 is 78.6 Å². The van der Waals surface area contributed by atoms with Gasteiger partial charge in [-0.2, -0.15) is 0 Å². The Morgan fingerprint density at radius 2 is 0.912 bits per heavy atom. The summed E-state index contributed by atoms with van der Waals surface area (Å²) < 4.78 is 20.8. The summed E-state index contributed by atoms with van der Waals surface area (Å²) in [6, 6.07) is 3.23. The van der Waals surface area contributed by atoms with Gasteiger partial charge in [0.1, 0.15) is 0 Å². The van der Waals surface area contributed by atoms with Gasteiger partial charge in [0, 0.05) is 0 Å². The third kappa shape index (κ3) is 3.82. The highest BCUT2D eigenvalue weighted by atomic mass is 32.1. The third-order valence-electron chi connectivity index (χ3n) is 4.86. The number of hydrogen-bond acceptors (Lipinski definition) is 12. The van der Waals surface area contributed by atoms with E-state index in [2.05, 4.69) is 0 Å². The zero-order chi connectivity index (χ0) is 24.6.